The summed E-state index contributed by atoms with van der Waals surface area (Å²) in [6, 6.07) is 13.3. The molecular weight excluding hydrogens is 406 g/mol. The van der Waals surface area contributed by atoms with Crippen molar-refractivity contribution >= 4 is 11.7 Å². The van der Waals surface area contributed by atoms with Gasteiger partial charge in [0.15, 0.2) is 13.2 Å². The Bertz CT molecular complexity index is 1220. The lowest BCUT2D eigenvalue weighted by molar-refractivity contribution is -0.384. The number of hydrogen-bond acceptors (Lipinski definition) is 10. The first kappa shape index (κ1) is 19.8. The normalized spacial score (nSPS) is 10.7. The number of rotatable bonds is 7. The molecule has 0 fully saturated rings. The van der Waals surface area contributed by atoms with Crippen LogP contribution in [0, 0.1) is 17.0 Å². The third-order valence-electron chi connectivity index (χ3n) is 4.19. The lowest BCUT2D eigenvalue weighted by Crippen LogP contribution is -2.15. The van der Waals surface area contributed by atoms with Crippen LogP contribution in [-0.2, 0) is 22.7 Å². The minimum atomic E-state index is -0.608. The average molecular weight is 421 g/mol. The summed E-state index contributed by atoms with van der Waals surface area (Å²) in [5, 5.41) is 26.4. The fourth-order valence-electron chi connectivity index (χ4n) is 2.59. The van der Waals surface area contributed by atoms with E-state index in [9.17, 15) is 14.9 Å². The van der Waals surface area contributed by atoms with E-state index in [1.165, 1.54) is 24.3 Å². The number of carbonyl (C=O) groups excluding carboxylic acids is 1. The number of tetrazole rings is 1. The molecule has 2 aromatic heterocycles. The van der Waals surface area contributed by atoms with Gasteiger partial charge >= 0.3 is 5.97 Å². The first-order valence-corrected chi connectivity index (χ1v) is 9.06. The van der Waals surface area contributed by atoms with E-state index in [1.807, 2.05) is 31.2 Å². The molecule has 0 aliphatic rings. The minimum Gasteiger partial charge on any atom is -0.454 e. The molecule has 12 heteroatoms. The number of nitrogens with zero attached hydrogens (tertiary/aromatic N) is 7. The molecular formula is C19H15N7O5. The van der Waals surface area contributed by atoms with Gasteiger partial charge in [-0.3, -0.25) is 10.1 Å². The van der Waals surface area contributed by atoms with E-state index < -0.39 is 10.9 Å². The predicted octanol–water partition coefficient (Wildman–Crippen LogP) is 2.35. The van der Waals surface area contributed by atoms with Crippen molar-refractivity contribution in [2.24, 2.45) is 0 Å². The van der Waals surface area contributed by atoms with E-state index in [0.29, 0.717) is 11.4 Å². The van der Waals surface area contributed by atoms with Gasteiger partial charge in [-0.05, 0) is 24.3 Å². The Labute approximate surface area is 174 Å². The third-order valence-corrected chi connectivity index (χ3v) is 4.19. The molecule has 156 valence electrons. The van der Waals surface area contributed by atoms with Crippen molar-refractivity contribution < 1.29 is 19.0 Å². The summed E-state index contributed by atoms with van der Waals surface area (Å²) in [5.74, 6) is 0.0932. The van der Waals surface area contributed by atoms with Gasteiger partial charge < -0.3 is 9.26 Å². The van der Waals surface area contributed by atoms with E-state index in [4.69, 9.17) is 9.26 Å². The highest BCUT2D eigenvalue weighted by molar-refractivity contribution is 5.69. The summed E-state index contributed by atoms with van der Waals surface area (Å²) in [6.07, 6.45) is 0. The number of esters is 1. The van der Waals surface area contributed by atoms with Gasteiger partial charge in [0.25, 0.3) is 11.6 Å². The summed E-state index contributed by atoms with van der Waals surface area (Å²) in [7, 11) is 0. The van der Waals surface area contributed by atoms with Crippen LogP contribution in [0.15, 0.2) is 53.1 Å². The Kier molecular flexibility index (Phi) is 5.43. The zero-order chi connectivity index (χ0) is 21.8. The highest BCUT2D eigenvalue weighted by Gasteiger charge is 2.14. The van der Waals surface area contributed by atoms with Gasteiger partial charge in [-0.2, -0.15) is 9.78 Å². The van der Waals surface area contributed by atoms with Gasteiger partial charge in [0.1, 0.15) is 0 Å². The van der Waals surface area contributed by atoms with E-state index in [1.54, 1.807) is 0 Å². The molecule has 0 aliphatic heterocycles. The maximum absolute atomic E-state index is 12.0. The number of ether oxygens (including phenoxy) is 1. The zero-order valence-corrected chi connectivity index (χ0v) is 16.2. The van der Waals surface area contributed by atoms with Crippen LogP contribution in [0.25, 0.3) is 22.8 Å². The second-order valence-corrected chi connectivity index (χ2v) is 6.49. The Morgan fingerprint density at radius 2 is 1.77 bits per heavy atom. The van der Waals surface area contributed by atoms with Gasteiger partial charge in [-0.25, -0.2) is 4.79 Å². The molecule has 4 aromatic rings. The molecule has 0 atom stereocenters. The SMILES string of the molecule is Cc1ccc(-c2nnn(CC(=O)OCc3nc(-c4ccc([N+](=O)[O-])cc4)no3)n2)cc1. The van der Waals surface area contributed by atoms with Gasteiger partial charge in [0.05, 0.1) is 4.92 Å². The first-order chi connectivity index (χ1) is 15.0. The van der Waals surface area contributed by atoms with Crippen LogP contribution in [0.5, 0.6) is 0 Å². The summed E-state index contributed by atoms with van der Waals surface area (Å²) >= 11 is 0. The molecule has 31 heavy (non-hydrogen) atoms. The van der Waals surface area contributed by atoms with E-state index in [-0.39, 0.29) is 30.6 Å². The molecule has 4 rings (SSSR count). The van der Waals surface area contributed by atoms with Crippen LogP contribution in [0.1, 0.15) is 11.5 Å². The van der Waals surface area contributed by atoms with Crippen molar-refractivity contribution in [3.63, 3.8) is 0 Å². The number of carbonyl (C=O) groups is 1. The Balaban J connectivity index is 1.32. The molecule has 0 radical (unpaired) electrons. The second kappa shape index (κ2) is 8.49. The molecule has 0 amide bonds. The number of aromatic nitrogens is 6. The van der Waals surface area contributed by atoms with Crippen LogP contribution >= 0.6 is 0 Å². The summed E-state index contributed by atoms with van der Waals surface area (Å²) in [6.45, 7) is 1.50. The topological polar surface area (TPSA) is 152 Å². The summed E-state index contributed by atoms with van der Waals surface area (Å²) < 4.78 is 10.2. The molecule has 0 aliphatic carbocycles. The molecule has 2 aromatic carbocycles. The second-order valence-electron chi connectivity index (χ2n) is 6.49. The Hall–Kier alpha value is -4.48. The minimum absolute atomic E-state index is 0.0475. The highest BCUT2D eigenvalue weighted by atomic mass is 16.6. The fraction of sp³-hybridized carbons (Fsp3) is 0.158. The van der Waals surface area contributed by atoms with Crippen molar-refractivity contribution in [2.45, 2.75) is 20.1 Å². The molecule has 0 bridgehead atoms. The van der Waals surface area contributed by atoms with E-state index in [2.05, 4.69) is 25.6 Å². The van der Waals surface area contributed by atoms with Crippen LogP contribution in [0.4, 0.5) is 5.69 Å². The van der Waals surface area contributed by atoms with Crippen molar-refractivity contribution in [1.29, 1.82) is 0 Å². The van der Waals surface area contributed by atoms with Crippen LogP contribution < -0.4 is 0 Å². The largest absolute Gasteiger partial charge is 0.454 e. The van der Waals surface area contributed by atoms with E-state index >= 15 is 0 Å². The van der Waals surface area contributed by atoms with Crippen molar-refractivity contribution in [1.82, 2.24) is 30.3 Å². The molecule has 0 saturated carbocycles. The third kappa shape index (κ3) is 4.75. The number of nitro benzene ring substituents is 1. The summed E-state index contributed by atoms with van der Waals surface area (Å²) in [4.78, 5) is 27.5. The lowest BCUT2D eigenvalue weighted by atomic mass is 10.1. The maximum atomic E-state index is 12.0. The molecule has 2 heterocycles. The quantitative estimate of drug-likeness (QED) is 0.247. The molecule has 0 N–H and O–H groups in total. The van der Waals surface area contributed by atoms with E-state index in [0.717, 1.165) is 15.9 Å². The van der Waals surface area contributed by atoms with Gasteiger partial charge in [-0.15, -0.1) is 10.2 Å². The molecule has 12 nitrogen and oxygen atoms in total. The van der Waals surface area contributed by atoms with Crippen LogP contribution in [0.2, 0.25) is 0 Å². The smallest absolute Gasteiger partial charge is 0.330 e. The monoisotopic (exact) mass is 421 g/mol. The molecule has 0 saturated heterocycles. The number of hydrogen-bond donors (Lipinski definition) is 0. The number of benzene rings is 2. The predicted molar refractivity (Wildman–Crippen MR) is 104 cm³/mol. The average Bonchev–Trinajstić information content (AvgIpc) is 3.43. The van der Waals surface area contributed by atoms with Gasteiger partial charge in [0.2, 0.25) is 11.6 Å². The molecule has 0 unspecified atom stereocenters. The van der Waals surface area contributed by atoms with Crippen molar-refractivity contribution in [2.75, 3.05) is 0 Å². The number of nitro groups is 1. The first-order valence-electron chi connectivity index (χ1n) is 9.06. The maximum Gasteiger partial charge on any atom is 0.330 e. The number of aryl methyl sites for hydroxylation is 1. The van der Waals surface area contributed by atoms with Crippen LogP contribution in [-0.4, -0.2) is 41.2 Å². The summed E-state index contributed by atoms with van der Waals surface area (Å²) in [5.41, 5.74) is 2.38. The fourth-order valence-corrected chi connectivity index (χ4v) is 2.59. The van der Waals surface area contributed by atoms with Gasteiger partial charge in [0, 0.05) is 23.3 Å². The number of non-ortho nitro benzene ring substituents is 1. The zero-order valence-electron chi connectivity index (χ0n) is 16.2. The van der Waals surface area contributed by atoms with Crippen molar-refractivity contribution in [3.05, 3.63) is 70.1 Å². The highest BCUT2D eigenvalue weighted by Crippen LogP contribution is 2.20. The lowest BCUT2D eigenvalue weighted by Gasteiger charge is -2.00. The standard InChI is InChI=1S/C19H15N7O5/c1-12-2-4-14(5-3-12)19-21-24-25(22-19)10-17(27)30-11-16-20-18(23-31-16)13-6-8-15(9-7-13)26(28)29/h2-9H,10-11H2,1H3. The Morgan fingerprint density at radius 1 is 1.10 bits per heavy atom. The molecule has 0 spiro atoms. The van der Waals surface area contributed by atoms with Crippen LogP contribution in [0.3, 0.4) is 0 Å². The Morgan fingerprint density at radius 3 is 2.48 bits per heavy atom. The van der Waals surface area contributed by atoms with Gasteiger partial charge in [-0.1, -0.05) is 35.0 Å². The van der Waals surface area contributed by atoms with Crippen molar-refractivity contribution in [3.8, 4) is 22.8 Å².